The van der Waals surface area contributed by atoms with E-state index in [0.717, 1.165) is 10.6 Å². The quantitative estimate of drug-likeness (QED) is 0.910. The number of aromatic carboxylic acids is 1. The third kappa shape index (κ3) is 3.57. The highest BCUT2D eigenvalue weighted by Crippen LogP contribution is 2.17. The fraction of sp³-hybridized carbons (Fsp3) is 0.214. The molecule has 0 aliphatic carbocycles. The number of amides is 2. The number of urea groups is 1. The largest absolute Gasteiger partial charge is 0.478 e. The number of para-hydroxylation sites is 1. The zero-order valence-electron chi connectivity index (χ0n) is 11.7. The molecular weight excluding hydrogens is 290 g/mol. The molecule has 0 bridgehead atoms. The van der Waals surface area contributed by atoms with Crippen LogP contribution < -0.4 is 5.32 Å². The lowest BCUT2D eigenvalue weighted by Gasteiger charge is -2.18. The second kappa shape index (κ2) is 6.36. The standard InChI is InChI=1S/C14H15N3O3S/c1-9-12(21-8-15-9)7-17(2)14(20)16-11-6-4-3-5-10(11)13(18)19/h3-6,8H,7H2,1-2H3,(H,16,20)(H,18,19). The van der Waals surface area contributed by atoms with E-state index in [1.54, 1.807) is 30.8 Å². The topological polar surface area (TPSA) is 82.5 Å². The molecule has 21 heavy (non-hydrogen) atoms. The van der Waals surface area contributed by atoms with Gasteiger partial charge in [-0.15, -0.1) is 11.3 Å². The van der Waals surface area contributed by atoms with E-state index in [-0.39, 0.29) is 17.3 Å². The van der Waals surface area contributed by atoms with Crippen LogP contribution in [0.1, 0.15) is 20.9 Å². The maximum Gasteiger partial charge on any atom is 0.337 e. The summed E-state index contributed by atoms with van der Waals surface area (Å²) in [7, 11) is 1.65. The maximum absolute atomic E-state index is 12.1. The van der Waals surface area contributed by atoms with Gasteiger partial charge in [-0.2, -0.15) is 0 Å². The number of hydrogen-bond acceptors (Lipinski definition) is 4. The van der Waals surface area contributed by atoms with Gasteiger partial charge in [0.25, 0.3) is 0 Å². The van der Waals surface area contributed by atoms with Crippen LogP contribution in [0.3, 0.4) is 0 Å². The normalized spacial score (nSPS) is 10.2. The first-order valence-electron chi connectivity index (χ1n) is 6.22. The van der Waals surface area contributed by atoms with Crippen molar-refractivity contribution in [2.24, 2.45) is 0 Å². The van der Waals surface area contributed by atoms with Crippen molar-refractivity contribution >= 4 is 29.0 Å². The van der Waals surface area contributed by atoms with Crippen LogP contribution in [0.2, 0.25) is 0 Å². The molecule has 2 N–H and O–H groups in total. The van der Waals surface area contributed by atoms with Crippen molar-refractivity contribution in [1.29, 1.82) is 0 Å². The van der Waals surface area contributed by atoms with Crippen LogP contribution in [0.5, 0.6) is 0 Å². The summed E-state index contributed by atoms with van der Waals surface area (Å²) in [4.78, 5) is 29.9. The van der Waals surface area contributed by atoms with Crippen LogP contribution in [-0.4, -0.2) is 34.0 Å². The fourth-order valence-corrected chi connectivity index (χ4v) is 2.58. The van der Waals surface area contributed by atoms with E-state index < -0.39 is 5.97 Å². The number of anilines is 1. The number of rotatable bonds is 4. The summed E-state index contributed by atoms with van der Waals surface area (Å²) in [6.07, 6.45) is 0. The number of carbonyl (C=O) groups excluding carboxylic acids is 1. The molecule has 2 amide bonds. The third-order valence-corrected chi connectivity index (χ3v) is 3.89. The van der Waals surface area contributed by atoms with Gasteiger partial charge in [0.1, 0.15) is 0 Å². The number of hydrogen-bond donors (Lipinski definition) is 2. The first-order chi connectivity index (χ1) is 9.99. The van der Waals surface area contributed by atoms with Crippen LogP contribution >= 0.6 is 11.3 Å². The highest BCUT2D eigenvalue weighted by molar-refractivity contribution is 7.09. The van der Waals surface area contributed by atoms with Gasteiger partial charge >= 0.3 is 12.0 Å². The highest BCUT2D eigenvalue weighted by atomic mass is 32.1. The zero-order chi connectivity index (χ0) is 15.4. The lowest BCUT2D eigenvalue weighted by Crippen LogP contribution is -2.31. The number of carbonyl (C=O) groups is 2. The molecule has 0 unspecified atom stereocenters. The van der Waals surface area contributed by atoms with E-state index in [1.165, 1.54) is 22.3 Å². The Bertz CT molecular complexity index is 669. The van der Waals surface area contributed by atoms with Crippen LogP contribution in [0, 0.1) is 6.92 Å². The first-order valence-corrected chi connectivity index (χ1v) is 7.10. The second-order valence-electron chi connectivity index (χ2n) is 4.50. The van der Waals surface area contributed by atoms with Crippen molar-refractivity contribution < 1.29 is 14.7 Å². The molecule has 0 saturated heterocycles. The van der Waals surface area contributed by atoms with Gasteiger partial charge < -0.3 is 15.3 Å². The predicted molar refractivity (Wildman–Crippen MR) is 80.7 cm³/mol. The number of benzene rings is 1. The number of aryl methyl sites for hydroxylation is 1. The smallest absolute Gasteiger partial charge is 0.337 e. The molecule has 0 radical (unpaired) electrons. The summed E-state index contributed by atoms with van der Waals surface area (Å²) in [6.45, 7) is 2.31. The molecule has 2 rings (SSSR count). The van der Waals surface area contributed by atoms with Gasteiger partial charge in [0.15, 0.2) is 0 Å². The predicted octanol–water partition coefficient (Wildman–Crippen LogP) is 2.81. The summed E-state index contributed by atoms with van der Waals surface area (Å²) in [6, 6.07) is 5.94. The van der Waals surface area contributed by atoms with Gasteiger partial charge in [0, 0.05) is 11.9 Å². The maximum atomic E-state index is 12.1. The summed E-state index contributed by atoms with van der Waals surface area (Å²) < 4.78 is 0. The Labute approximate surface area is 126 Å². The molecule has 7 heteroatoms. The molecular formula is C14H15N3O3S. The van der Waals surface area contributed by atoms with Crippen molar-refractivity contribution in [2.45, 2.75) is 13.5 Å². The molecule has 6 nitrogen and oxygen atoms in total. The van der Waals surface area contributed by atoms with Crippen LogP contribution in [0.15, 0.2) is 29.8 Å². The van der Waals surface area contributed by atoms with E-state index in [0.29, 0.717) is 6.54 Å². The number of carboxylic acids is 1. The Balaban J connectivity index is 2.08. The monoisotopic (exact) mass is 305 g/mol. The Kier molecular flexibility index (Phi) is 4.54. The van der Waals surface area contributed by atoms with Gasteiger partial charge in [-0.3, -0.25) is 0 Å². The van der Waals surface area contributed by atoms with E-state index in [4.69, 9.17) is 5.11 Å². The molecule has 0 atom stereocenters. The van der Waals surface area contributed by atoms with Crippen molar-refractivity contribution in [3.8, 4) is 0 Å². The average molecular weight is 305 g/mol. The molecule has 0 aliphatic rings. The summed E-state index contributed by atoms with van der Waals surface area (Å²) in [5.74, 6) is -1.08. The molecule has 1 aromatic heterocycles. The van der Waals surface area contributed by atoms with E-state index in [1.807, 2.05) is 6.92 Å². The summed E-state index contributed by atoms with van der Waals surface area (Å²) in [5, 5.41) is 11.7. The Morgan fingerprint density at radius 2 is 2.10 bits per heavy atom. The molecule has 0 fully saturated rings. The molecule has 0 saturated carbocycles. The second-order valence-corrected chi connectivity index (χ2v) is 5.44. The van der Waals surface area contributed by atoms with Gasteiger partial charge in [-0.25, -0.2) is 14.6 Å². The lowest BCUT2D eigenvalue weighted by atomic mass is 10.2. The van der Waals surface area contributed by atoms with Gasteiger partial charge in [-0.1, -0.05) is 12.1 Å². The molecule has 1 aromatic carbocycles. The molecule has 110 valence electrons. The van der Waals surface area contributed by atoms with E-state index in [2.05, 4.69) is 10.3 Å². The van der Waals surface area contributed by atoms with E-state index in [9.17, 15) is 9.59 Å². The highest BCUT2D eigenvalue weighted by Gasteiger charge is 2.15. The number of carboxylic acid groups (broad SMARTS) is 1. The first kappa shape index (κ1) is 15.0. The van der Waals surface area contributed by atoms with Gasteiger partial charge in [0.2, 0.25) is 0 Å². The minimum atomic E-state index is -1.08. The van der Waals surface area contributed by atoms with Crippen molar-refractivity contribution in [2.75, 3.05) is 12.4 Å². The number of nitrogens with zero attached hydrogens (tertiary/aromatic N) is 2. The van der Waals surface area contributed by atoms with Gasteiger partial charge in [-0.05, 0) is 19.1 Å². The zero-order valence-corrected chi connectivity index (χ0v) is 12.5. The van der Waals surface area contributed by atoms with Crippen LogP contribution in [0.25, 0.3) is 0 Å². The van der Waals surface area contributed by atoms with Crippen molar-refractivity contribution in [3.63, 3.8) is 0 Å². The van der Waals surface area contributed by atoms with Gasteiger partial charge in [0.05, 0.1) is 29.0 Å². The third-order valence-electron chi connectivity index (χ3n) is 2.97. The number of nitrogens with one attached hydrogen (secondary N) is 1. The fourth-order valence-electron chi connectivity index (χ4n) is 1.75. The molecule has 1 heterocycles. The molecule has 0 aliphatic heterocycles. The average Bonchev–Trinajstić information content (AvgIpc) is 2.84. The van der Waals surface area contributed by atoms with Crippen LogP contribution in [0.4, 0.5) is 10.5 Å². The molecule has 0 spiro atoms. The van der Waals surface area contributed by atoms with Crippen molar-refractivity contribution in [3.05, 3.63) is 45.9 Å². The van der Waals surface area contributed by atoms with Crippen LogP contribution in [-0.2, 0) is 6.54 Å². The summed E-state index contributed by atoms with van der Waals surface area (Å²) in [5.41, 5.74) is 2.97. The SMILES string of the molecule is Cc1ncsc1CN(C)C(=O)Nc1ccccc1C(=O)O. The summed E-state index contributed by atoms with van der Waals surface area (Å²) >= 11 is 1.48. The van der Waals surface area contributed by atoms with Crippen molar-refractivity contribution in [1.82, 2.24) is 9.88 Å². The Morgan fingerprint density at radius 1 is 1.38 bits per heavy atom. The number of thiazole rings is 1. The Hall–Kier alpha value is -2.41. The number of aromatic nitrogens is 1. The minimum Gasteiger partial charge on any atom is -0.478 e. The lowest BCUT2D eigenvalue weighted by molar-refractivity contribution is 0.0698. The molecule has 2 aromatic rings. The van der Waals surface area contributed by atoms with E-state index >= 15 is 0 Å². The minimum absolute atomic E-state index is 0.0632. The Morgan fingerprint density at radius 3 is 2.71 bits per heavy atom.